The van der Waals surface area contributed by atoms with Crippen LogP contribution in [0.4, 0.5) is 5.82 Å². The summed E-state index contributed by atoms with van der Waals surface area (Å²) in [6, 6.07) is 1.90. The van der Waals surface area contributed by atoms with Gasteiger partial charge in [-0.3, -0.25) is 0 Å². The van der Waals surface area contributed by atoms with E-state index in [9.17, 15) is 0 Å². The molecule has 5 heteroatoms. The predicted octanol–water partition coefficient (Wildman–Crippen LogP) is 1.71. The fraction of sp³-hybridized carbons (Fsp3) is 0.556. The minimum Gasteiger partial charge on any atom is -0.385 e. The lowest BCUT2D eigenvalue weighted by Gasteiger charge is -2.17. The van der Waals surface area contributed by atoms with E-state index in [1.54, 1.807) is 13.4 Å². The molecular weight excluding hydrogens is 246 g/mol. The van der Waals surface area contributed by atoms with Crippen molar-refractivity contribution in [3.63, 3.8) is 0 Å². The van der Waals surface area contributed by atoms with Crippen LogP contribution in [0.15, 0.2) is 17.0 Å². The lowest BCUT2D eigenvalue weighted by atomic mass is 10.4. The van der Waals surface area contributed by atoms with Crippen LogP contribution in [0.3, 0.4) is 0 Å². The summed E-state index contributed by atoms with van der Waals surface area (Å²) in [4.78, 5) is 10.2. The third-order valence-corrected chi connectivity index (χ3v) is 2.29. The van der Waals surface area contributed by atoms with E-state index in [1.807, 2.05) is 13.1 Å². The van der Waals surface area contributed by atoms with Gasteiger partial charge in [-0.05, 0) is 22.4 Å². The van der Waals surface area contributed by atoms with Crippen molar-refractivity contribution < 1.29 is 4.74 Å². The van der Waals surface area contributed by atoms with Gasteiger partial charge in [0.1, 0.15) is 16.7 Å². The van der Waals surface area contributed by atoms with Crippen LogP contribution >= 0.6 is 15.9 Å². The van der Waals surface area contributed by atoms with Crippen LogP contribution in [0.1, 0.15) is 6.42 Å². The Labute approximate surface area is 92.4 Å². The first kappa shape index (κ1) is 11.4. The van der Waals surface area contributed by atoms with E-state index in [-0.39, 0.29) is 0 Å². The average Bonchev–Trinajstić information content (AvgIpc) is 2.18. The normalized spacial score (nSPS) is 10.2. The maximum Gasteiger partial charge on any atom is 0.132 e. The second-order valence-electron chi connectivity index (χ2n) is 2.97. The number of hydrogen-bond acceptors (Lipinski definition) is 4. The van der Waals surface area contributed by atoms with Gasteiger partial charge in [-0.15, -0.1) is 0 Å². The second-order valence-corrected chi connectivity index (χ2v) is 3.78. The summed E-state index contributed by atoms with van der Waals surface area (Å²) in [6.07, 6.45) is 2.54. The maximum atomic E-state index is 4.98. The SMILES string of the molecule is COCCCN(C)c1cc(Br)ncn1. The quantitative estimate of drug-likeness (QED) is 0.596. The third kappa shape index (κ3) is 3.59. The number of methoxy groups -OCH3 is 1. The molecule has 0 saturated carbocycles. The third-order valence-electron chi connectivity index (χ3n) is 1.85. The molecule has 1 rings (SSSR count). The molecule has 0 atom stereocenters. The monoisotopic (exact) mass is 259 g/mol. The maximum absolute atomic E-state index is 4.98. The van der Waals surface area contributed by atoms with E-state index < -0.39 is 0 Å². The molecule has 78 valence electrons. The van der Waals surface area contributed by atoms with Crippen LogP contribution in [0.25, 0.3) is 0 Å². The van der Waals surface area contributed by atoms with E-state index in [1.165, 1.54) is 0 Å². The van der Waals surface area contributed by atoms with Gasteiger partial charge in [0.25, 0.3) is 0 Å². The molecule has 4 nitrogen and oxygen atoms in total. The molecule has 0 aromatic carbocycles. The van der Waals surface area contributed by atoms with E-state index in [4.69, 9.17) is 4.74 Å². The largest absolute Gasteiger partial charge is 0.385 e. The van der Waals surface area contributed by atoms with Gasteiger partial charge in [-0.25, -0.2) is 9.97 Å². The van der Waals surface area contributed by atoms with Gasteiger partial charge in [-0.1, -0.05) is 0 Å². The van der Waals surface area contributed by atoms with Crippen LogP contribution in [0.2, 0.25) is 0 Å². The molecule has 0 unspecified atom stereocenters. The smallest absolute Gasteiger partial charge is 0.132 e. The van der Waals surface area contributed by atoms with Crippen LogP contribution in [0.5, 0.6) is 0 Å². The number of hydrogen-bond donors (Lipinski definition) is 0. The standard InChI is InChI=1S/C9H14BrN3O/c1-13(4-3-5-14-2)9-6-8(10)11-7-12-9/h6-7H,3-5H2,1-2H3. The van der Waals surface area contributed by atoms with Crippen molar-refractivity contribution in [3.8, 4) is 0 Å². The lowest BCUT2D eigenvalue weighted by Crippen LogP contribution is -2.20. The number of halogens is 1. The molecule has 0 bridgehead atoms. The van der Waals surface area contributed by atoms with Gasteiger partial charge in [0, 0.05) is 33.4 Å². The molecule has 0 fully saturated rings. The molecule has 1 heterocycles. The minimum atomic E-state index is 0.774. The summed E-state index contributed by atoms with van der Waals surface area (Å²) in [7, 11) is 3.71. The Hall–Kier alpha value is -0.680. The van der Waals surface area contributed by atoms with Crippen molar-refractivity contribution in [1.82, 2.24) is 9.97 Å². The van der Waals surface area contributed by atoms with Crippen molar-refractivity contribution in [2.45, 2.75) is 6.42 Å². The topological polar surface area (TPSA) is 38.2 Å². The van der Waals surface area contributed by atoms with Gasteiger partial charge in [0.05, 0.1) is 0 Å². The van der Waals surface area contributed by atoms with E-state index in [2.05, 4.69) is 30.8 Å². The van der Waals surface area contributed by atoms with E-state index in [0.29, 0.717) is 0 Å². The molecule has 0 saturated heterocycles. The van der Waals surface area contributed by atoms with Crippen LogP contribution in [0, 0.1) is 0 Å². The highest BCUT2D eigenvalue weighted by Gasteiger charge is 2.02. The summed E-state index contributed by atoms with van der Waals surface area (Å²) >= 11 is 3.31. The van der Waals surface area contributed by atoms with E-state index in [0.717, 1.165) is 30.0 Å². The molecule has 0 aliphatic heterocycles. The average molecular weight is 260 g/mol. The molecule has 14 heavy (non-hydrogen) atoms. The summed E-state index contributed by atoms with van der Waals surface area (Å²) in [5, 5.41) is 0. The van der Waals surface area contributed by atoms with Crippen LogP contribution in [-0.2, 0) is 4.74 Å². The Bertz CT molecular complexity index is 283. The molecule has 1 aromatic rings. The highest BCUT2D eigenvalue weighted by atomic mass is 79.9. The molecular formula is C9H14BrN3O. The first-order valence-corrected chi connectivity index (χ1v) is 5.21. The lowest BCUT2D eigenvalue weighted by molar-refractivity contribution is 0.196. The molecule has 1 aromatic heterocycles. The molecule has 0 amide bonds. The Balaban J connectivity index is 2.47. The number of ether oxygens (including phenoxy) is 1. The zero-order valence-electron chi connectivity index (χ0n) is 8.40. The molecule has 0 radical (unpaired) electrons. The van der Waals surface area contributed by atoms with Crippen LogP contribution in [-0.4, -0.2) is 37.3 Å². The zero-order chi connectivity index (χ0) is 10.4. The van der Waals surface area contributed by atoms with Crippen molar-refractivity contribution >= 4 is 21.7 Å². The summed E-state index contributed by atoms with van der Waals surface area (Å²) in [5.74, 6) is 0.919. The van der Waals surface area contributed by atoms with Gasteiger partial charge >= 0.3 is 0 Å². The fourth-order valence-electron chi connectivity index (χ4n) is 1.09. The Kier molecular flexibility index (Phi) is 4.82. The number of rotatable bonds is 5. The molecule has 0 spiro atoms. The van der Waals surface area contributed by atoms with Crippen LogP contribution < -0.4 is 4.90 Å². The fourth-order valence-corrected chi connectivity index (χ4v) is 1.39. The zero-order valence-corrected chi connectivity index (χ0v) is 9.99. The van der Waals surface area contributed by atoms with Gasteiger partial charge in [-0.2, -0.15) is 0 Å². The van der Waals surface area contributed by atoms with Gasteiger partial charge in [0.2, 0.25) is 0 Å². The summed E-state index contributed by atoms with van der Waals surface area (Å²) in [5.41, 5.74) is 0. The highest BCUT2D eigenvalue weighted by molar-refractivity contribution is 9.10. The van der Waals surface area contributed by atoms with Crippen molar-refractivity contribution in [1.29, 1.82) is 0 Å². The number of anilines is 1. The van der Waals surface area contributed by atoms with Crippen molar-refractivity contribution in [2.75, 3.05) is 32.2 Å². The minimum absolute atomic E-state index is 0.774. The molecule has 0 aliphatic carbocycles. The highest BCUT2D eigenvalue weighted by Crippen LogP contribution is 2.13. The first-order chi connectivity index (χ1) is 6.74. The van der Waals surface area contributed by atoms with Crippen molar-refractivity contribution in [3.05, 3.63) is 17.0 Å². The second kappa shape index (κ2) is 5.93. The summed E-state index contributed by atoms with van der Waals surface area (Å²) < 4.78 is 5.79. The Morgan fingerprint density at radius 1 is 1.50 bits per heavy atom. The Morgan fingerprint density at radius 3 is 2.93 bits per heavy atom. The molecule has 0 aliphatic rings. The van der Waals surface area contributed by atoms with Gasteiger partial charge < -0.3 is 9.64 Å². The van der Waals surface area contributed by atoms with Crippen molar-refractivity contribution in [2.24, 2.45) is 0 Å². The predicted molar refractivity (Wildman–Crippen MR) is 59.5 cm³/mol. The molecule has 0 N–H and O–H groups in total. The number of aromatic nitrogens is 2. The van der Waals surface area contributed by atoms with Gasteiger partial charge in [0.15, 0.2) is 0 Å². The number of nitrogens with zero attached hydrogens (tertiary/aromatic N) is 3. The van der Waals surface area contributed by atoms with E-state index >= 15 is 0 Å². The Morgan fingerprint density at radius 2 is 2.29 bits per heavy atom. The summed E-state index contributed by atoms with van der Waals surface area (Å²) in [6.45, 7) is 1.70. The first-order valence-electron chi connectivity index (χ1n) is 4.41.